The number of ether oxygens (including phenoxy) is 1. The van der Waals surface area contributed by atoms with Gasteiger partial charge in [-0.1, -0.05) is 32.3 Å². The Hall–Kier alpha value is -2.53. The van der Waals surface area contributed by atoms with E-state index in [-0.39, 0.29) is 29.6 Å². The molecule has 0 radical (unpaired) electrons. The highest BCUT2D eigenvalue weighted by Gasteiger charge is 2.27. The average molecular weight is 426 g/mol. The Balaban J connectivity index is 2.29. The molecule has 29 heavy (non-hydrogen) atoms. The molecule has 0 bridgehead atoms. The Morgan fingerprint density at radius 2 is 1.97 bits per heavy atom. The Bertz CT molecular complexity index is 940. The molecule has 0 saturated heterocycles. The van der Waals surface area contributed by atoms with Gasteiger partial charge in [-0.2, -0.15) is 9.29 Å². The summed E-state index contributed by atoms with van der Waals surface area (Å²) in [6.07, 6.45) is 1.85. The van der Waals surface area contributed by atoms with Gasteiger partial charge in [0.25, 0.3) is 5.89 Å². The lowest BCUT2D eigenvalue weighted by Crippen LogP contribution is -2.30. The van der Waals surface area contributed by atoms with Crippen molar-refractivity contribution >= 4 is 15.7 Å². The van der Waals surface area contributed by atoms with Crippen LogP contribution < -0.4 is 4.74 Å². The van der Waals surface area contributed by atoms with Crippen LogP contribution in [0.15, 0.2) is 27.6 Å². The summed E-state index contributed by atoms with van der Waals surface area (Å²) >= 11 is 0. The van der Waals surface area contributed by atoms with Crippen molar-refractivity contribution in [2.45, 2.75) is 58.0 Å². The summed E-state index contributed by atoms with van der Waals surface area (Å²) < 4.78 is 37.3. The molecule has 0 aliphatic carbocycles. The Labute approximate surface area is 170 Å². The Morgan fingerprint density at radius 1 is 1.28 bits per heavy atom. The molecule has 2 aromatic rings. The minimum Gasteiger partial charge on any atom is -0.474 e. The lowest BCUT2D eigenvalue weighted by atomic mass is 10.2. The van der Waals surface area contributed by atoms with Gasteiger partial charge < -0.3 is 9.26 Å². The van der Waals surface area contributed by atoms with Gasteiger partial charge in [0.05, 0.1) is 9.82 Å². The fraction of sp³-hybridized carbons (Fsp3) is 0.556. The molecule has 1 heterocycles. The third-order valence-corrected chi connectivity index (χ3v) is 6.41. The first-order valence-electron chi connectivity index (χ1n) is 9.52. The van der Waals surface area contributed by atoms with E-state index in [0.29, 0.717) is 12.2 Å². The molecule has 0 aliphatic heterocycles. The zero-order valence-electron chi connectivity index (χ0n) is 17.0. The number of hydrogen-bond donors (Lipinski definition) is 0. The zero-order chi connectivity index (χ0) is 21.6. The SMILES string of the molecule is CCCCc1noc([C@H](C)Oc2ccc(S(=O)(=O)N(CC)CC)cc2[N+](=O)[O-])n1. The number of nitro benzene ring substituents is 1. The highest BCUT2D eigenvalue weighted by atomic mass is 32.2. The van der Waals surface area contributed by atoms with E-state index in [2.05, 4.69) is 17.1 Å². The first-order valence-corrected chi connectivity index (χ1v) is 11.0. The van der Waals surface area contributed by atoms with E-state index in [9.17, 15) is 18.5 Å². The van der Waals surface area contributed by atoms with Crippen molar-refractivity contribution in [1.82, 2.24) is 14.4 Å². The maximum Gasteiger partial charge on any atom is 0.312 e. The molecule has 1 aromatic carbocycles. The summed E-state index contributed by atoms with van der Waals surface area (Å²) in [6.45, 7) is 7.61. The van der Waals surface area contributed by atoms with Crippen LogP contribution in [0.2, 0.25) is 0 Å². The van der Waals surface area contributed by atoms with Crippen molar-refractivity contribution < 1.29 is 22.6 Å². The summed E-state index contributed by atoms with van der Waals surface area (Å²) in [4.78, 5) is 14.9. The van der Waals surface area contributed by atoms with Gasteiger partial charge >= 0.3 is 5.69 Å². The molecule has 10 nitrogen and oxygen atoms in total. The number of nitro groups is 1. The van der Waals surface area contributed by atoms with Crippen LogP contribution in [0.3, 0.4) is 0 Å². The van der Waals surface area contributed by atoms with Crippen molar-refractivity contribution in [2.75, 3.05) is 13.1 Å². The van der Waals surface area contributed by atoms with Crippen LogP contribution in [0.4, 0.5) is 5.69 Å². The summed E-state index contributed by atoms with van der Waals surface area (Å²) in [7, 11) is -3.83. The van der Waals surface area contributed by atoms with Crippen LogP contribution in [0, 0.1) is 10.1 Å². The van der Waals surface area contributed by atoms with Crippen LogP contribution in [0.1, 0.15) is 58.4 Å². The first kappa shape index (κ1) is 22.8. The number of sulfonamides is 1. The number of unbranched alkanes of at least 4 members (excludes halogenated alkanes) is 1. The Morgan fingerprint density at radius 3 is 2.55 bits per heavy atom. The third-order valence-electron chi connectivity index (χ3n) is 4.36. The van der Waals surface area contributed by atoms with E-state index in [1.165, 1.54) is 16.4 Å². The third kappa shape index (κ3) is 5.30. The molecule has 160 valence electrons. The number of aryl methyl sites for hydroxylation is 1. The van der Waals surface area contributed by atoms with Crippen molar-refractivity contribution in [1.29, 1.82) is 0 Å². The highest BCUT2D eigenvalue weighted by Crippen LogP contribution is 2.33. The van der Waals surface area contributed by atoms with E-state index in [0.717, 1.165) is 18.9 Å². The van der Waals surface area contributed by atoms with Crippen LogP contribution >= 0.6 is 0 Å². The average Bonchev–Trinajstić information content (AvgIpc) is 3.16. The minimum absolute atomic E-state index is 0.0747. The van der Waals surface area contributed by atoms with Crippen LogP contribution in [-0.4, -0.2) is 40.9 Å². The van der Waals surface area contributed by atoms with Crippen molar-refractivity contribution in [2.24, 2.45) is 0 Å². The molecule has 0 fully saturated rings. The molecule has 0 amide bonds. The molecular formula is C18H26N4O6S. The van der Waals surface area contributed by atoms with Gasteiger partial charge in [0.1, 0.15) is 0 Å². The van der Waals surface area contributed by atoms with Crippen molar-refractivity contribution in [3.8, 4) is 5.75 Å². The molecule has 0 N–H and O–H groups in total. The van der Waals surface area contributed by atoms with Gasteiger partial charge in [-0.25, -0.2) is 8.42 Å². The normalized spacial score (nSPS) is 12.9. The molecule has 1 atom stereocenters. The predicted octanol–water partition coefficient (Wildman–Crippen LogP) is 3.49. The van der Waals surface area contributed by atoms with Crippen molar-refractivity contribution in [3.05, 3.63) is 40.0 Å². The monoisotopic (exact) mass is 426 g/mol. The molecular weight excluding hydrogens is 400 g/mol. The number of benzene rings is 1. The quantitative estimate of drug-likeness (QED) is 0.394. The molecule has 0 aliphatic rings. The number of hydrogen-bond acceptors (Lipinski definition) is 8. The smallest absolute Gasteiger partial charge is 0.312 e. The maximum atomic E-state index is 12.6. The van der Waals surface area contributed by atoms with E-state index in [4.69, 9.17) is 9.26 Å². The second kappa shape index (κ2) is 9.79. The molecule has 0 unspecified atom stereocenters. The second-order valence-electron chi connectivity index (χ2n) is 6.39. The molecule has 2 rings (SSSR count). The van der Waals surface area contributed by atoms with E-state index in [1.807, 2.05) is 0 Å². The number of rotatable bonds is 11. The zero-order valence-corrected chi connectivity index (χ0v) is 17.8. The molecule has 0 saturated carbocycles. The standard InChI is InChI=1S/C18H26N4O6S/c1-5-8-9-17-19-18(28-20-17)13(4)27-16-11-10-14(12-15(16)22(23)24)29(25,26)21(6-2)7-3/h10-13H,5-9H2,1-4H3/t13-/m0/s1. The van der Waals surface area contributed by atoms with Crippen LogP contribution in [0.25, 0.3) is 0 Å². The maximum absolute atomic E-state index is 12.6. The molecule has 1 aromatic heterocycles. The van der Waals surface area contributed by atoms with E-state index < -0.39 is 26.7 Å². The highest BCUT2D eigenvalue weighted by molar-refractivity contribution is 7.89. The predicted molar refractivity (Wildman–Crippen MR) is 105 cm³/mol. The largest absolute Gasteiger partial charge is 0.474 e. The van der Waals surface area contributed by atoms with E-state index >= 15 is 0 Å². The Kier molecular flexibility index (Phi) is 7.68. The fourth-order valence-electron chi connectivity index (χ4n) is 2.72. The van der Waals surface area contributed by atoms with Gasteiger partial charge in [0, 0.05) is 25.6 Å². The molecule has 0 spiro atoms. The summed E-state index contributed by atoms with van der Waals surface area (Å²) in [5, 5.41) is 15.4. The summed E-state index contributed by atoms with van der Waals surface area (Å²) in [5.41, 5.74) is -0.448. The minimum atomic E-state index is -3.83. The van der Waals surface area contributed by atoms with Gasteiger partial charge in [-0.15, -0.1) is 0 Å². The topological polar surface area (TPSA) is 129 Å². The second-order valence-corrected chi connectivity index (χ2v) is 8.33. The van der Waals surface area contributed by atoms with Gasteiger partial charge in [-0.3, -0.25) is 10.1 Å². The van der Waals surface area contributed by atoms with Crippen molar-refractivity contribution in [3.63, 3.8) is 0 Å². The number of aromatic nitrogens is 2. The van der Waals surface area contributed by atoms with Gasteiger partial charge in [0.15, 0.2) is 17.7 Å². The molecule has 11 heteroatoms. The van der Waals surface area contributed by atoms with E-state index in [1.54, 1.807) is 20.8 Å². The summed E-state index contributed by atoms with van der Waals surface area (Å²) in [5.74, 6) is 0.673. The number of nitrogens with zero attached hydrogens (tertiary/aromatic N) is 4. The van der Waals surface area contributed by atoms with Crippen LogP contribution in [-0.2, 0) is 16.4 Å². The van der Waals surface area contributed by atoms with Gasteiger partial charge in [-0.05, 0) is 25.5 Å². The van der Waals surface area contributed by atoms with Gasteiger partial charge in [0.2, 0.25) is 10.0 Å². The summed E-state index contributed by atoms with van der Waals surface area (Å²) in [6, 6.07) is 3.58. The van der Waals surface area contributed by atoms with Crippen LogP contribution in [0.5, 0.6) is 5.75 Å². The lowest BCUT2D eigenvalue weighted by Gasteiger charge is -2.18. The first-order chi connectivity index (χ1) is 13.7. The fourth-order valence-corrected chi connectivity index (χ4v) is 4.20. The lowest BCUT2D eigenvalue weighted by molar-refractivity contribution is -0.386.